The van der Waals surface area contributed by atoms with Crippen LogP contribution in [0, 0.1) is 0 Å². The van der Waals surface area contributed by atoms with Crippen LogP contribution in [-0.2, 0) is 21.3 Å². The highest BCUT2D eigenvalue weighted by Crippen LogP contribution is 2.41. The Morgan fingerprint density at radius 2 is 1.88 bits per heavy atom. The Kier molecular flexibility index (Phi) is 4.41. The van der Waals surface area contributed by atoms with Crippen LogP contribution < -0.4 is 5.32 Å². The molecule has 0 saturated carbocycles. The Hall–Kier alpha value is -2.04. The Labute approximate surface area is 155 Å². The number of phenols is 1. The highest BCUT2D eigenvalue weighted by molar-refractivity contribution is 5.58. The van der Waals surface area contributed by atoms with Crippen LogP contribution in [0.2, 0.25) is 0 Å². The van der Waals surface area contributed by atoms with E-state index in [2.05, 4.69) is 44.3 Å². The monoisotopic (exact) mass is 353 g/mol. The van der Waals surface area contributed by atoms with Crippen LogP contribution in [0.4, 0.5) is 5.69 Å². The van der Waals surface area contributed by atoms with E-state index in [0.29, 0.717) is 19.0 Å². The van der Waals surface area contributed by atoms with Crippen molar-refractivity contribution in [2.24, 2.45) is 0 Å². The number of fused-ring (bicyclic) bond motifs is 3. The SMILES string of the molecule is CC(C)(C)c1ccc2c(c1)C1OCCO[C@H]1C(Cc1cccc(O)c1)N2. The molecule has 2 aromatic carbocycles. The lowest BCUT2D eigenvalue weighted by molar-refractivity contribution is -0.150. The van der Waals surface area contributed by atoms with Gasteiger partial charge in [0, 0.05) is 11.3 Å². The van der Waals surface area contributed by atoms with Crippen LogP contribution in [0.15, 0.2) is 42.5 Å². The van der Waals surface area contributed by atoms with E-state index in [-0.39, 0.29) is 23.7 Å². The van der Waals surface area contributed by atoms with Gasteiger partial charge in [0.15, 0.2) is 0 Å². The molecule has 0 bridgehead atoms. The molecule has 0 aromatic heterocycles. The van der Waals surface area contributed by atoms with E-state index in [4.69, 9.17) is 9.47 Å². The van der Waals surface area contributed by atoms with Gasteiger partial charge >= 0.3 is 0 Å². The Bertz CT molecular complexity index is 796. The first-order valence-corrected chi connectivity index (χ1v) is 9.34. The van der Waals surface area contributed by atoms with E-state index in [1.54, 1.807) is 6.07 Å². The van der Waals surface area contributed by atoms with Crippen molar-refractivity contribution in [3.8, 4) is 5.75 Å². The third kappa shape index (κ3) is 3.31. The largest absolute Gasteiger partial charge is 0.508 e. The minimum atomic E-state index is -0.0513. The topological polar surface area (TPSA) is 50.7 Å². The summed E-state index contributed by atoms with van der Waals surface area (Å²) in [6.45, 7) is 7.93. The van der Waals surface area contributed by atoms with E-state index in [1.165, 1.54) is 11.1 Å². The molecule has 2 aromatic rings. The summed E-state index contributed by atoms with van der Waals surface area (Å²) in [6, 6.07) is 14.2. The third-order valence-electron chi connectivity index (χ3n) is 5.32. The van der Waals surface area contributed by atoms with Gasteiger partial charge in [-0.3, -0.25) is 0 Å². The molecule has 2 aliphatic heterocycles. The summed E-state index contributed by atoms with van der Waals surface area (Å²) in [7, 11) is 0. The second-order valence-corrected chi connectivity index (χ2v) is 8.30. The van der Waals surface area contributed by atoms with Crippen molar-refractivity contribution in [1.29, 1.82) is 0 Å². The van der Waals surface area contributed by atoms with Crippen LogP contribution in [0.3, 0.4) is 0 Å². The number of anilines is 1. The highest BCUT2D eigenvalue weighted by atomic mass is 16.6. The summed E-state index contributed by atoms with van der Waals surface area (Å²) in [5.74, 6) is 0.297. The fourth-order valence-electron chi connectivity index (χ4n) is 3.92. The molecule has 3 atom stereocenters. The van der Waals surface area contributed by atoms with Gasteiger partial charge in [-0.1, -0.05) is 45.0 Å². The van der Waals surface area contributed by atoms with Gasteiger partial charge in [0.05, 0.1) is 19.3 Å². The molecule has 0 aliphatic carbocycles. The predicted molar refractivity (Wildman–Crippen MR) is 103 cm³/mol. The standard InChI is InChI=1S/C22H27NO3/c1-22(2,3)15-7-8-18-17(13-15)20-21(26-10-9-25-20)19(23-18)12-14-5-4-6-16(24)11-14/h4-8,11,13,19-21,23-24H,9-10,12H2,1-3H3/t19?,20?,21-/m0/s1. The first-order valence-electron chi connectivity index (χ1n) is 9.34. The maximum atomic E-state index is 9.76. The zero-order chi connectivity index (χ0) is 18.3. The normalized spacial score (nSPS) is 25.1. The van der Waals surface area contributed by atoms with Crippen molar-refractivity contribution < 1.29 is 14.6 Å². The van der Waals surface area contributed by atoms with Crippen LogP contribution >= 0.6 is 0 Å². The number of nitrogens with one attached hydrogen (secondary N) is 1. The molecule has 2 heterocycles. The quantitative estimate of drug-likeness (QED) is 0.850. The van der Waals surface area contributed by atoms with Gasteiger partial charge in [-0.2, -0.15) is 0 Å². The molecule has 26 heavy (non-hydrogen) atoms. The lowest BCUT2D eigenvalue weighted by Crippen LogP contribution is -2.49. The first kappa shape index (κ1) is 17.4. The van der Waals surface area contributed by atoms with Crippen molar-refractivity contribution in [2.45, 2.75) is 50.9 Å². The number of ether oxygens (including phenoxy) is 2. The van der Waals surface area contributed by atoms with E-state index in [1.807, 2.05) is 18.2 Å². The highest BCUT2D eigenvalue weighted by Gasteiger charge is 2.40. The average Bonchev–Trinajstić information content (AvgIpc) is 2.61. The zero-order valence-corrected chi connectivity index (χ0v) is 15.7. The fraction of sp³-hybridized carbons (Fsp3) is 0.455. The minimum absolute atomic E-state index is 0.0335. The maximum Gasteiger partial charge on any atom is 0.115 e. The Morgan fingerprint density at radius 3 is 2.65 bits per heavy atom. The second-order valence-electron chi connectivity index (χ2n) is 8.30. The molecule has 4 nitrogen and oxygen atoms in total. The number of hydrogen-bond acceptors (Lipinski definition) is 4. The number of rotatable bonds is 2. The van der Waals surface area contributed by atoms with E-state index in [0.717, 1.165) is 17.7 Å². The molecular weight excluding hydrogens is 326 g/mol. The lowest BCUT2D eigenvalue weighted by atomic mass is 9.82. The molecule has 138 valence electrons. The van der Waals surface area contributed by atoms with Gasteiger partial charge < -0.3 is 19.9 Å². The van der Waals surface area contributed by atoms with Crippen molar-refractivity contribution >= 4 is 5.69 Å². The molecule has 1 saturated heterocycles. The molecule has 4 rings (SSSR count). The van der Waals surface area contributed by atoms with E-state index in [9.17, 15) is 5.11 Å². The van der Waals surface area contributed by atoms with Gasteiger partial charge in [-0.25, -0.2) is 0 Å². The molecule has 0 spiro atoms. The molecule has 0 amide bonds. The van der Waals surface area contributed by atoms with Gasteiger partial charge in [0.2, 0.25) is 0 Å². The second kappa shape index (κ2) is 6.60. The van der Waals surface area contributed by atoms with Crippen molar-refractivity contribution in [3.05, 3.63) is 59.2 Å². The molecule has 1 fully saturated rings. The molecule has 2 unspecified atom stereocenters. The van der Waals surface area contributed by atoms with Gasteiger partial charge in [0.1, 0.15) is 18.0 Å². The molecule has 4 heteroatoms. The first-order chi connectivity index (χ1) is 12.4. The summed E-state index contributed by atoms with van der Waals surface area (Å²) in [5.41, 5.74) is 4.80. The zero-order valence-electron chi connectivity index (χ0n) is 15.7. The van der Waals surface area contributed by atoms with Gasteiger partial charge in [-0.05, 0) is 41.2 Å². The smallest absolute Gasteiger partial charge is 0.115 e. The Balaban J connectivity index is 1.67. The summed E-state index contributed by atoms with van der Waals surface area (Å²) in [5, 5.41) is 13.4. The van der Waals surface area contributed by atoms with Gasteiger partial charge in [0.25, 0.3) is 0 Å². The molecule has 2 aliphatic rings. The average molecular weight is 353 g/mol. The van der Waals surface area contributed by atoms with Crippen LogP contribution in [-0.4, -0.2) is 30.5 Å². The van der Waals surface area contributed by atoms with Crippen LogP contribution in [0.25, 0.3) is 0 Å². The van der Waals surface area contributed by atoms with Crippen molar-refractivity contribution in [3.63, 3.8) is 0 Å². The van der Waals surface area contributed by atoms with Crippen LogP contribution in [0.5, 0.6) is 5.75 Å². The summed E-state index contributed by atoms with van der Waals surface area (Å²) in [4.78, 5) is 0. The number of hydrogen-bond donors (Lipinski definition) is 2. The Morgan fingerprint density at radius 1 is 1.08 bits per heavy atom. The van der Waals surface area contributed by atoms with E-state index >= 15 is 0 Å². The fourth-order valence-corrected chi connectivity index (χ4v) is 3.92. The molecular formula is C22H27NO3. The summed E-state index contributed by atoms with van der Waals surface area (Å²) in [6.07, 6.45) is 0.692. The number of benzene rings is 2. The third-order valence-corrected chi connectivity index (χ3v) is 5.32. The van der Waals surface area contributed by atoms with Crippen molar-refractivity contribution in [1.82, 2.24) is 0 Å². The molecule has 0 radical (unpaired) electrons. The summed E-state index contributed by atoms with van der Waals surface area (Å²) < 4.78 is 12.3. The van der Waals surface area contributed by atoms with Crippen LogP contribution in [0.1, 0.15) is 43.6 Å². The predicted octanol–water partition coefficient (Wildman–Crippen LogP) is 4.18. The van der Waals surface area contributed by atoms with E-state index < -0.39 is 0 Å². The maximum absolute atomic E-state index is 9.76. The number of aromatic hydroxyl groups is 1. The molecule has 2 N–H and O–H groups in total. The van der Waals surface area contributed by atoms with Gasteiger partial charge in [-0.15, -0.1) is 0 Å². The number of phenolic OH excluding ortho intramolecular Hbond substituents is 1. The van der Waals surface area contributed by atoms with Crippen molar-refractivity contribution in [2.75, 3.05) is 18.5 Å². The minimum Gasteiger partial charge on any atom is -0.508 e. The lowest BCUT2D eigenvalue weighted by Gasteiger charge is -2.43. The summed E-state index contributed by atoms with van der Waals surface area (Å²) >= 11 is 0.